The summed E-state index contributed by atoms with van der Waals surface area (Å²) in [5, 5.41) is 0. The standard InChI is InChI=1S/C11H13NO2/c1-3-9(13)7-14-11-5-4-8(2)6-10(11)12/h3-6H,1,7,12H2,2H3. The van der Waals surface area contributed by atoms with Gasteiger partial charge in [0.25, 0.3) is 0 Å². The molecule has 3 nitrogen and oxygen atoms in total. The molecule has 0 saturated heterocycles. The summed E-state index contributed by atoms with van der Waals surface area (Å²) in [6.45, 7) is 5.27. The van der Waals surface area contributed by atoms with Gasteiger partial charge in [-0.15, -0.1) is 0 Å². The van der Waals surface area contributed by atoms with E-state index in [2.05, 4.69) is 6.58 Å². The van der Waals surface area contributed by atoms with E-state index in [0.29, 0.717) is 11.4 Å². The van der Waals surface area contributed by atoms with E-state index in [1.54, 1.807) is 12.1 Å². The van der Waals surface area contributed by atoms with Crippen LogP contribution >= 0.6 is 0 Å². The highest BCUT2D eigenvalue weighted by atomic mass is 16.5. The normalized spacial score (nSPS) is 9.50. The minimum atomic E-state index is -0.162. The first kappa shape index (κ1) is 10.3. The first-order valence-corrected chi connectivity index (χ1v) is 4.27. The van der Waals surface area contributed by atoms with Gasteiger partial charge in [0.1, 0.15) is 5.75 Å². The molecule has 0 saturated carbocycles. The van der Waals surface area contributed by atoms with Gasteiger partial charge in [0, 0.05) is 0 Å². The van der Waals surface area contributed by atoms with Gasteiger partial charge in [0.2, 0.25) is 0 Å². The Morgan fingerprint density at radius 1 is 1.64 bits per heavy atom. The highest BCUT2D eigenvalue weighted by Crippen LogP contribution is 2.21. The Hall–Kier alpha value is -1.77. The van der Waals surface area contributed by atoms with Gasteiger partial charge in [0.15, 0.2) is 12.4 Å². The summed E-state index contributed by atoms with van der Waals surface area (Å²) in [6, 6.07) is 5.43. The van der Waals surface area contributed by atoms with Crippen molar-refractivity contribution in [2.45, 2.75) is 6.92 Å². The largest absolute Gasteiger partial charge is 0.483 e. The number of aryl methyl sites for hydroxylation is 1. The zero-order valence-corrected chi connectivity index (χ0v) is 8.12. The van der Waals surface area contributed by atoms with Crippen molar-refractivity contribution in [3.05, 3.63) is 36.4 Å². The molecule has 2 N–H and O–H groups in total. The highest BCUT2D eigenvalue weighted by molar-refractivity contribution is 5.90. The van der Waals surface area contributed by atoms with Crippen LogP contribution in [0.2, 0.25) is 0 Å². The van der Waals surface area contributed by atoms with E-state index >= 15 is 0 Å². The van der Waals surface area contributed by atoms with Crippen molar-refractivity contribution in [1.82, 2.24) is 0 Å². The number of ether oxygens (including phenoxy) is 1. The highest BCUT2D eigenvalue weighted by Gasteiger charge is 2.02. The van der Waals surface area contributed by atoms with E-state index in [4.69, 9.17) is 10.5 Å². The zero-order chi connectivity index (χ0) is 10.6. The Labute approximate surface area is 83.2 Å². The second kappa shape index (κ2) is 4.46. The van der Waals surface area contributed by atoms with Gasteiger partial charge in [-0.1, -0.05) is 12.6 Å². The SMILES string of the molecule is C=CC(=O)COc1ccc(C)cc1N. The molecule has 0 radical (unpaired) electrons. The lowest BCUT2D eigenvalue weighted by atomic mass is 10.2. The predicted octanol–water partition coefficient (Wildman–Crippen LogP) is 1.71. The van der Waals surface area contributed by atoms with Crippen LogP contribution in [0.3, 0.4) is 0 Å². The smallest absolute Gasteiger partial charge is 0.192 e. The van der Waals surface area contributed by atoms with E-state index in [-0.39, 0.29) is 12.4 Å². The number of benzene rings is 1. The Morgan fingerprint density at radius 2 is 2.36 bits per heavy atom. The van der Waals surface area contributed by atoms with Crippen LogP contribution in [0.4, 0.5) is 5.69 Å². The fourth-order valence-corrected chi connectivity index (χ4v) is 1.01. The van der Waals surface area contributed by atoms with Gasteiger partial charge in [-0.25, -0.2) is 0 Å². The molecule has 0 aromatic heterocycles. The molecule has 14 heavy (non-hydrogen) atoms. The van der Waals surface area contributed by atoms with Crippen molar-refractivity contribution < 1.29 is 9.53 Å². The van der Waals surface area contributed by atoms with Crippen molar-refractivity contribution in [1.29, 1.82) is 0 Å². The molecular formula is C11H13NO2. The van der Waals surface area contributed by atoms with Gasteiger partial charge in [-0.2, -0.15) is 0 Å². The zero-order valence-electron chi connectivity index (χ0n) is 8.12. The number of rotatable bonds is 4. The van der Waals surface area contributed by atoms with Crippen LogP contribution in [0.15, 0.2) is 30.9 Å². The minimum absolute atomic E-state index is 0.0171. The quantitative estimate of drug-likeness (QED) is 0.582. The number of hydrogen-bond donors (Lipinski definition) is 1. The van der Waals surface area contributed by atoms with E-state index in [9.17, 15) is 4.79 Å². The van der Waals surface area contributed by atoms with Crippen molar-refractivity contribution in [3.8, 4) is 5.75 Å². The molecule has 1 aromatic rings. The molecule has 0 amide bonds. The molecule has 0 unspecified atom stereocenters. The summed E-state index contributed by atoms with van der Waals surface area (Å²) in [7, 11) is 0. The molecule has 0 atom stereocenters. The average molecular weight is 191 g/mol. The lowest BCUT2D eigenvalue weighted by molar-refractivity contribution is -0.116. The minimum Gasteiger partial charge on any atom is -0.483 e. The molecule has 0 heterocycles. The topological polar surface area (TPSA) is 52.3 Å². The van der Waals surface area contributed by atoms with Crippen LogP contribution in [0.25, 0.3) is 0 Å². The van der Waals surface area contributed by atoms with Crippen LogP contribution in [0.1, 0.15) is 5.56 Å². The summed E-state index contributed by atoms with van der Waals surface area (Å²) in [6.07, 6.45) is 1.23. The third-order valence-corrected chi connectivity index (χ3v) is 1.76. The lowest BCUT2D eigenvalue weighted by Crippen LogP contribution is -2.08. The van der Waals surface area contributed by atoms with Gasteiger partial charge in [0.05, 0.1) is 5.69 Å². The van der Waals surface area contributed by atoms with Crippen LogP contribution < -0.4 is 10.5 Å². The lowest BCUT2D eigenvalue weighted by Gasteiger charge is -2.07. The molecule has 3 heteroatoms. The second-order valence-electron chi connectivity index (χ2n) is 3.00. The van der Waals surface area contributed by atoms with Crippen LogP contribution in [0.5, 0.6) is 5.75 Å². The van der Waals surface area contributed by atoms with E-state index < -0.39 is 0 Å². The van der Waals surface area contributed by atoms with Crippen molar-refractivity contribution in [3.63, 3.8) is 0 Å². The number of carbonyl (C=O) groups is 1. The van der Waals surface area contributed by atoms with Gasteiger partial charge in [-0.05, 0) is 30.7 Å². The number of nitrogen functional groups attached to an aromatic ring is 1. The Morgan fingerprint density at radius 3 is 2.93 bits per heavy atom. The first-order chi connectivity index (χ1) is 6.63. The molecule has 0 aliphatic carbocycles. The summed E-state index contributed by atoms with van der Waals surface area (Å²) in [5.41, 5.74) is 7.29. The number of anilines is 1. The van der Waals surface area contributed by atoms with Crippen molar-refractivity contribution in [2.75, 3.05) is 12.3 Å². The third kappa shape index (κ3) is 2.62. The number of carbonyl (C=O) groups excluding carboxylic acids is 1. The maximum atomic E-state index is 10.9. The molecule has 74 valence electrons. The van der Waals surface area contributed by atoms with Gasteiger partial charge in [-0.3, -0.25) is 4.79 Å². The predicted molar refractivity (Wildman–Crippen MR) is 56.3 cm³/mol. The molecule has 0 aliphatic heterocycles. The summed E-state index contributed by atoms with van der Waals surface area (Å²) in [5.74, 6) is 0.371. The maximum Gasteiger partial charge on any atom is 0.192 e. The van der Waals surface area contributed by atoms with Crippen LogP contribution in [-0.4, -0.2) is 12.4 Å². The number of ketones is 1. The van der Waals surface area contributed by atoms with E-state index in [0.717, 1.165) is 5.56 Å². The Balaban J connectivity index is 2.68. The molecule has 0 fully saturated rings. The first-order valence-electron chi connectivity index (χ1n) is 4.27. The van der Waals surface area contributed by atoms with Crippen LogP contribution in [-0.2, 0) is 4.79 Å². The fourth-order valence-electron chi connectivity index (χ4n) is 1.01. The molecule has 1 rings (SSSR count). The summed E-state index contributed by atoms with van der Waals surface area (Å²) < 4.78 is 5.20. The number of nitrogens with two attached hydrogens (primary N) is 1. The molecule has 0 bridgehead atoms. The third-order valence-electron chi connectivity index (χ3n) is 1.76. The molecule has 0 aliphatic rings. The van der Waals surface area contributed by atoms with Gasteiger partial charge < -0.3 is 10.5 Å². The Kier molecular flexibility index (Phi) is 3.29. The Bertz CT molecular complexity index is 358. The number of hydrogen-bond acceptors (Lipinski definition) is 3. The average Bonchev–Trinajstić information content (AvgIpc) is 2.16. The fraction of sp³-hybridized carbons (Fsp3) is 0.182. The van der Waals surface area contributed by atoms with E-state index in [1.807, 2.05) is 13.0 Å². The molecule has 0 spiro atoms. The van der Waals surface area contributed by atoms with Crippen molar-refractivity contribution in [2.24, 2.45) is 0 Å². The monoisotopic (exact) mass is 191 g/mol. The maximum absolute atomic E-state index is 10.9. The molecule has 1 aromatic carbocycles. The van der Waals surface area contributed by atoms with E-state index in [1.165, 1.54) is 6.08 Å². The second-order valence-corrected chi connectivity index (χ2v) is 3.00. The van der Waals surface area contributed by atoms with Crippen molar-refractivity contribution >= 4 is 11.5 Å². The summed E-state index contributed by atoms with van der Waals surface area (Å²) in [4.78, 5) is 10.9. The van der Waals surface area contributed by atoms with Crippen LogP contribution in [0, 0.1) is 6.92 Å². The van der Waals surface area contributed by atoms with Gasteiger partial charge >= 0.3 is 0 Å². The summed E-state index contributed by atoms with van der Waals surface area (Å²) >= 11 is 0. The molecular weight excluding hydrogens is 178 g/mol.